The van der Waals surface area contributed by atoms with Crippen LogP contribution in [-0.4, -0.2) is 26.5 Å². The Kier molecular flexibility index (Phi) is 4.96. The van der Waals surface area contributed by atoms with Gasteiger partial charge in [-0.1, -0.05) is 0 Å². The van der Waals surface area contributed by atoms with Crippen LogP contribution in [0.4, 0.5) is 5.69 Å². The molecule has 0 bridgehead atoms. The maximum absolute atomic E-state index is 11.4. The number of carbonyl (C=O) groups excluding carboxylic acids is 1. The molecule has 0 saturated heterocycles. The fourth-order valence-corrected chi connectivity index (χ4v) is 2.00. The molecule has 0 fully saturated rings. The molecule has 0 aliphatic heterocycles. The summed E-state index contributed by atoms with van der Waals surface area (Å²) in [6, 6.07) is 6.06. The van der Waals surface area contributed by atoms with Gasteiger partial charge in [-0.05, 0) is 30.7 Å². The number of hydrogen-bond acceptors (Lipinski definition) is 3. The Bertz CT molecular complexity index is 482. The van der Waals surface area contributed by atoms with Gasteiger partial charge in [0.2, 0.25) is 5.91 Å². The van der Waals surface area contributed by atoms with Crippen LogP contribution < -0.4 is 5.32 Å². The van der Waals surface area contributed by atoms with Gasteiger partial charge in [0.15, 0.2) is 9.84 Å². The van der Waals surface area contributed by atoms with E-state index in [4.69, 9.17) is 11.6 Å². The second-order valence-electron chi connectivity index (χ2n) is 3.64. The van der Waals surface area contributed by atoms with Crippen LogP contribution in [0.25, 0.3) is 0 Å². The number of hydrogen-bond donors (Lipinski definition) is 1. The van der Waals surface area contributed by atoms with Gasteiger partial charge in [-0.25, -0.2) is 8.42 Å². The van der Waals surface area contributed by atoms with E-state index in [0.717, 1.165) is 6.26 Å². The number of sulfone groups is 1. The smallest absolute Gasteiger partial charge is 0.224 e. The maximum atomic E-state index is 11.4. The lowest BCUT2D eigenvalue weighted by atomic mass is 10.3. The van der Waals surface area contributed by atoms with Crippen molar-refractivity contribution in [2.24, 2.45) is 0 Å². The highest BCUT2D eigenvalue weighted by molar-refractivity contribution is 7.90. The van der Waals surface area contributed by atoms with Gasteiger partial charge in [-0.3, -0.25) is 4.79 Å². The van der Waals surface area contributed by atoms with Crippen LogP contribution in [0.1, 0.15) is 12.8 Å². The molecule has 17 heavy (non-hydrogen) atoms. The molecule has 0 aromatic heterocycles. The molecule has 0 spiro atoms. The minimum Gasteiger partial charge on any atom is -0.326 e. The maximum Gasteiger partial charge on any atom is 0.224 e. The first-order chi connectivity index (χ1) is 7.93. The number of halogens is 1. The summed E-state index contributed by atoms with van der Waals surface area (Å²) in [5.74, 6) is 0.318. The van der Waals surface area contributed by atoms with Crippen LogP contribution in [0.15, 0.2) is 29.2 Å². The molecule has 0 aliphatic rings. The first-order valence-electron chi connectivity index (χ1n) is 5.09. The summed E-state index contributed by atoms with van der Waals surface area (Å²) < 4.78 is 22.4. The molecule has 0 radical (unpaired) electrons. The summed E-state index contributed by atoms with van der Waals surface area (Å²) in [7, 11) is -3.19. The van der Waals surface area contributed by atoms with Crippen LogP contribution in [0.2, 0.25) is 0 Å². The van der Waals surface area contributed by atoms with E-state index in [1.165, 1.54) is 12.1 Å². The van der Waals surface area contributed by atoms with Crippen molar-refractivity contribution < 1.29 is 13.2 Å². The summed E-state index contributed by atoms with van der Waals surface area (Å²) in [5, 5.41) is 2.66. The number of anilines is 1. The molecule has 0 heterocycles. The van der Waals surface area contributed by atoms with Crippen molar-refractivity contribution in [1.82, 2.24) is 0 Å². The standard InChI is InChI=1S/C11H14ClNO3S/c1-17(15,16)10-6-4-9(5-7-10)13-11(14)3-2-8-12/h4-7H,2-3,8H2,1H3,(H,13,14). The number of nitrogens with one attached hydrogen (secondary N) is 1. The van der Waals surface area contributed by atoms with E-state index in [2.05, 4.69) is 5.32 Å². The van der Waals surface area contributed by atoms with E-state index < -0.39 is 9.84 Å². The molecule has 1 aromatic rings. The lowest BCUT2D eigenvalue weighted by Crippen LogP contribution is -2.11. The fourth-order valence-electron chi connectivity index (χ4n) is 1.24. The molecule has 0 unspecified atom stereocenters. The first kappa shape index (κ1) is 14.0. The van der Waals surface area contributed by atoms with Crippen LogP contribution in [0, 0.1) is 0 Å². The van der Waals surface area contributed by atoms with Gasteiger partial charge in [-0.2, -0.15) is 0 Å². The van der Waals surface area contributed by atoms with Crippen molar-refractivity contribution in [2.45, 2.75) is 17.7 Å². The Balaban J connectivity index is 2.66. The van der Waals surface area contributed by atoms with E-state index >= 15 is 0 Å². The molecule has 0 aliphatic carbocycles. The van der Waals surface area contributed by atoms with Crippen LogP contribution in [0.5, 0.6) is 0 Å². The monoisotopic (exact) mass is 275 g/mol. The highest BCUT2D eigenvalue weighted by Gasteiger charge is 2.07. The molecule has 6 heteroatoms. The van der Waals surface area contributed by atoms with Crippen LogP contribution in [0.3, 0.4) is 0 Å². The molecule has 0 saturated carbocycles. The third kappa shape index (κ3) is 4.75. The number of benzene rings is 1. The average Bonchev–Trinajstić information content (AvgIpc) is 2.26. The Morgan fingerprint density at radius 2 is 1.88 bits per heavy atom. The predicted octanol–water partition coefficient (Wildman–Crippen LogP) is 2.05. The Hall–Kier alpha value is -1.07. The molecule has 1 N–H and O–H groups in total. The Morgan fingerprint density at radius 3 is 2.35 bits per heavy atom. The number of alkyl halides is 1. The summed E-state index contributed by atoms with van der Waals surface area (Å²) in [4.78, 5) is 11.6. The second-order valence-corrected chi connectivity index (χ2v) is 6.03. The van der Waals surface area contributed by atoms with Crippen molar-refractivity contribution in [3.05, 3.63) is 24.3 Å². The summed E-state index contributed by atoms with van der Waals surface area (Å²) in [6.07, 6.45) is 2.12. The van der Waals surface area contributed by atoms with E-state index in [1.54, 1.807) is 12.1 Å². The third-order valence-electron chi connectivity index (χ3n) is 2.10. The van der Waals surface area contributed by atoms with Crippen molar-refractivity contribution in [2.75, 3.05) is 17.5 Å². The molecule has 1 aromatic carbocycles. The molecule has 1 amide bonds. The summed E-state index contributed by atoms with van der Waals surface area (Å²) in [5.41, 5.74) is 0.581. The topological polar surface area (TPSA) is 63.2 Å². The van der Waals surface area contributed by atoms with Gasteiger partial charge in [0.1, 0.15) is 0 Å². The largest absolute Gasteiger partial charge is 0.326 e. The third-order valence-corrected chi connectivity index (χ3v) is 3.50. The van der Waals surface area contributed by atoms with Gasteiger partial charge >= 0.3 is 0 Å². The van der Waals surface area contributed by atoms with E-state index in [1.807, 2.05) is 0 Å². The zero-order chi connectivity index (χ0) is 12.9. The highest BCUT2D eigenvalue weighted by atomic mass is 35.5. The molecular weight excluding hydrogens is 262 g/mol. The SMILES string of the molecule is CS(=O)(=O)c1ccc(NC(=O)CCCCl)cc1. The number of amides is 1. The van der Waals surface area contributed by atoms with Crippen molar-refractivity contribution in [3.8, 4) is 0 Å². The number of carbonyl (C=O) groups is 1. The van der Waals surface area contributed by atoms with Gasteiger partial charge < -0.3 is 5.32 Å². The van der Waals surface area contributed by atoms with Crippen molar-refractivity contribution in [3.63, 3.8) is 0 Å². The predicted molar refractivity (Wildman–Crippen MR) is 68.1 cm³/mol. The second kappa shape index (κ2) is 6.02. The van der Waals surface area contributed by atoms with Gasteiger partial charge in [-0.15, -0.1) is 11.6 Å². The fraction of sp³-hybridized carbons (Fsp3) is 0.364. The normalized spacial score (nSPS) is 11.2. The van der Waals surface area contributed by atoms with Gasteiger partial charge in [0, 0.05) is 24.2 Å². The highest BCUT2D eigenvalue weighted by Crippen LogP contribution is 2.14. The van der Waals surface area contributed by atoms with Gasteiger partial charge in [0.25, 0.3) is 0 Å². The number of rotatable bonds is 5. The molecule has 1 rings (SSSR count). The minimum atomic E-state index is -3.19. The zero-order valence-corrected chi connectivity index (χ0v) is 11.0. The van der Waals surface area contributed by atoms with Crippen molar-refractivity contribution >= 4 is 33.0 Å². The summed E-state index contributed by atoms with van der Waals surface area (Å²) >= 11 is 5.47. The quantitative estimate of drug-likeness (QED) is 0.837. The van der Waals surface area contributed by atoms with E-state index in [-0.39, 0.29) is 10.8 Å². The van der Waals surface area contributed by atoms with Gasteiger partial charge in [0.05, 0.1) is 4.90 Å². The molecule has 0 atom stereocenters. The zero-order valence-electron chi connectivity index (χ0n) is 9.44. The minimum absolute atomic E-state index is 0.127. The van der Waals surface area contributed by atoms with Crippen LogP contribution in [-0.2, 0) is 14.6 Å². The Morgan fingerprint density at radius 1 is 1.29 bits per heavy atom. The molecule has 4 nitrogen and oxygen atoms in total. The Labute approximate surface area is 106 Å². The van der Waals surface area contributed by atoms with E-state index in [9.17, 15) is 13.2 Å². The average molecular weight is 276 g/mol. The summed E-state index contributed by atoms with van der Waals surface area (Å²) in [6.45, 7) is 0. The lowest BCUT2D eigenvalue weighted by Gasteiger charge is -2.05. The van der Waals surface area contributed by atoms with E-state index in [0.29, 0.717) is 24.4 Å². The molecular formula is C11H14ClNO3S. The molecule has 94 valence electrons. The van der Waals surface area contributed by atoms with Crippen molar-refractivity contribution in [1.29, 1.82) is 0 Å². The first-order valence-corrected chi connectivity index (χ1v) is 7.52. The van der Waals surface area contributed by atoms with Crippen LogP contribution >= 0.6 is 11.6 Å². The lowest BCUT2D eigenvalue weighted by molar-refractivity contribution is -0.116.